The Bertz CT molecular complexity index is 540. The van der Waals surface area contributed by atoms with Gasteiger partial charge in [-0.1, -0.05) is 6.92 Å². The lowest BCUT2D eigenvalue weighted by molar-refractivity contribution is -0.137. The lowest BCUT2D eigenvalue weighted by Crippen LogP contribution is -2.23. The molecule has 2 aromatic rings. The van der Waals surface area contributed by atoms with E-state index < -0.39 is 11.7 Å². The zero-order valence-electron chi connectivity index (χ0n) is 10.7. The van der Waals surface area contributed by atoms with E-state index in [4.69, 9.17) is 0 Å². The third-order valence-corrected chi connectivity index (χ3v) is 2.73. The zero-order chi connectivity index (χ0) is 14.6. The second kappa shape index (κ2) is 5.96. The summed E-state index contributed by atoms with van der Waals surface area (Å²) in [5, 5.41) is 3.15. The van der Waals surface area contributed by atoms with Gasteiger partial charge in [0.1, 0.15) is 6.33 Å². The Hall–Kier alpha value is -2.02. The topological polar surface area (TPSA) is 50.7 Å². The van der Waals surface area contributed by atoms with E-state index in [1.807, 2.05) is 6.92 Å². The number of nitrogens with zero attached hydrogens (tertiary/aromatic N) is 3. The van der Waals surface area contributed by atoms with Crippen LogP contribution in [0.15, 0.2) is 37.1 Å². The fraction of sp³-hybridized carbons (Fsp3) is 0.308. The van der Waals surface area contributed by atoms with Gasteiger partial charge in [-0.2, -0.15) is 13.2 Å². The molecule has 0 aliphatic heterocycles. The number of halogens is 3. The Kier molecular flexibility index (Phi) is 4.29. The van der Waals surface area contributed by atoms with E-state index in [2.05, 4.69) is 20.3 Å². The largest absolute Gasteiger partial charge is 0.417 e. The van der Waals surface area contributed by atoms with E-state index in [9.17, 15) is 13.2 Å². The third-order valence-electron chi connectivity index (χ3n) is 2.73. The molecule has 0 amide bonds. The maximum atomic E-state index is 12.5. The summed E-state index contributed by atoms with van der Waals surface area (Å²) in [4.78, 5) is 11.7. The average molecular weight is 282 g/mol. The van der Waals surface area contributed by atoms with Crippen molar-refractivity contribution in [3.05, 3.63) is 53.9 Å². The molecule has 2 aromatic heterocycles. The van der Waals surface area contributed by atoms with E-state index in [1.165, 1.54) is 12.4 Å². The molecule has 1 atom stereocenters. The molecule has 2 rings (SSSR count). The molecule has 0 saturated carbocycles. The molecule has 20 heavy (non-hydrogen) atoms. The number of rotatable bonds is 4. The fourth-order valence-electron chi connectivity index (χ4n) is 1.80. The molecule has 4 nitrogen and oxygen atoms in total. The summed E-state index contributed by atoms with van der Waals surface area (Å²) >= 11 is 0. The van der Waals surface area contributed by atoms with Crippen molar-refractivity contribution in [1.29, 1.82) is 0 Å². The van der Waals surface area contributed by atoms with Gasteiger partial charge in [0.15, 0.2) is 0 Å². The molecule has 0 spiro atoms. The predicted octanol–water partition coefficient (Wildman–Crippen LogP) is 2.59. The van der Waals surface area contributed by atoms with Crippen LogP contribution in [-0.2, 0) is 6.18 Å². The van der Waals surface area contributed by atoms with Crippen molar-refractivity contribution in [2.24, 2.45) is 0 Å². The zero-order valence-corrected chi connectivity index (χ0v) is 10.7. The first-order valence-electron chi connectivity index (χ1n) is 6.03. The standard InChI is InChI=1S/C13H13F3N4/c1-2-19-12(9-5-17-8-18-6-9)11-4-3-10(7-20-11)13(14,15)16/h3-8,12,19H,2H2,1H3. The second-order valence-corrected chi connectivity index (χ2v) is 4.13. The molecule has 0 aliphatic rings. The summed E-state index contributed by atoms with van der Waals surface area (Å²) in [6.07, 6.45) is 1.07. The van der Waals surface area contributed by atoms with Gasteiger partial charge in [0.2, 0.25) is 0 Å². The van der Waals surface area contributed by atoms with E-state index in [0.717, 1.165) is 17.8 Å². The Balaban J connectivity index is 2.31. The SMILES string of the molecule is CCNC(c1cncnc1)c1ccc(C(F)(F)F)cn1. The van der Waals surface area contributed by atoms with Crippen molar-refractivity contribution in [2.45, 2.75) is 19.1 Å². The maximum absolute atomic E-state index is 12.5. The van der Waals surface area contributed by atoms with Crippen molar-refractivity contribution in [1.82, 2.24) is 20.3 Å². The van der Waals surface area contributed by atoms with Gasteiger partial charge in [-0.25, -0.2) is 9.97 Å². The highest BCUT2D eigenvalue weighted by Crippen LogP contribution is 2.29. The number of nitrogens with one attached hydrogen (secondary N) is 1. The molecule has 0 radical (unpaired) electrons. The molecule has 0 saturated heterocycles. The summed E-state index contributed by atoms with van der Waals surface area (Å²) in [6.45, 7) is 2.54. The summed E-state index contributed by atoms with van der Waals surface area (Å²) < 4.78 is 37.5. The van der Waals surface area contributed by atoms with Gasteiger partial charge in [-0.05, 0) is 18.7 Å². The van der Waals surface area contributed by atoms with Crippen LogP contribution in [0.1, 0.15) is 29.8 Å². The van der Waals surface area contributed by atoms with Gasteiger partial charge in [0.25, 0.3) is 0 Å². The predicted molar refractivity (Wildman–Crippen MR) is 66.8 cm³/mol. The van der Waals surface area contributed by atoms with Crippen molar-refractivity contribution in [2.75, 3.05) is 6.54 Å². The molecule has 0 bridgehead atoms. The average Bonchev–Trinajstić information content (AvgIpc) is 2.45. The van der Waals surface area contributed by atoms with Crippen LogP contribution >= 0.6 is 0 Å². The van der Waals surface area contributed by atoms with Gasteiger partial charge in [0, 0.05) is 24.2 Å². The summed E-state index contributed by atoms with van der Waals surface area (Å²) in [6, 6.07) is 2.06. The molecule has 1 N–H and O–H groups in total. The lowest BCUT2D eigenvalue weighted by Gasteiger charge is -2.17. The minimum Gasteiger partial charge on any atom is -0.305 e. The van der Waals surface area contributed by atoms with Crippen molar-refractivity contribution in [3.63, 3.8) is 0 Å². The molecule has 0 aromatic carbocycles. The van der Waals surface area contributed by atoms with Crippen LogP contribution in [0, 0.1) is 0 Å². The molecule has 106 valence electrons. The Labute approximate surface area is 114 Å². The summed E-state index contributed by atoms with van der Waals surface area (Å²) in [7, 11) is 0. The van der Waals surface area contributed by atoms with E-state index in [1.54, 1.807) is 12.4 Å². The summed E-state index contributed by atoms with van der Waals surface area (Å²) in [5.41, 5.74) is 0.483. The Morgan fingerprint density at radius 3 is 2.35 bits per heavy atom. The van der Waals surface area contributed by atoms with Crippen LogP contribution in [-0.4, -0.2) is 21.5 Å². The first-order valence-corrected chi connectivity index (χ1v) is 6.03. The van der Waals surface area contributed by atoms with Crippen LogP contribution in [0.3, 0.4) is 0 Å². The van der Waals surface area contributed by atoms with Gasteiger partial charge in [0.05, 0.1) is 17.3 Å². The molecular formula is C13H13F3N4. The van der Waals surface area contributed by atoms with Gasteiger partial charge < -0.3 is 5.32 Å². The fourth-order valence-corrected chi connectivity index (χ4v) is 1.80. The Morgan fingerprint density at radius 1 is 1.15 bits per heavy atom. The summed E-state index contributed by atoms with van der Waals surface area (Å²) in [5.74, 6) is 0. The Morgan fingerprint density at radius 2 is 1.85 bits per heavy atom. The molecule has 0 fully saturated rings. The van der Waals surface area contributed by atoms with Crippen molar-refractivity contribution < 1.29 is 13.2 Å². The first-order chi connectivity index (χ1) is 9.52. The van der Waals surface area contributed by atoms with E-state index in [-0.39, 0.29) is 6.04 Å². The van der Waals surface area contributed by atoms with Crippen molar-refractivity contribution >= 4 is 0 Å². The smallest absolute Gasteiger partial charge is 0.305 e. The lowest BCUT2D eigenvalue weighted by atomic mass is 10.1. The molecular weight excluding hydrogens is 269 g/mol. The number of hydrogen-bond acceptors (Lipinski definition) is 4. The van der Waals surface area contributed by atoms with Crippen LogP contribution < -0.4 is 5.32 Å². The molecule has 1 unspecified atom stereocenters. The molecule has 0 aliphatic carbocycles. The van der Waals surface area contributed by atoms with Crippen LogP contribution in [0.4, 0.5) is 13.2 Å². The minimum absolute atomic E-state index is 0.330. The van der Waals surface area contributed by atoms with E-state index >= 15 is 0 Å². The van der Waals surface area contributed by atoms with Crippen LogP contribution in [0.2, 0.25) is 0 Å². The number of hydrogen-bond donors (Lipinski definition) is 1. The second-order valence-electron chi connectivity index (χ2n) is 4.13. The highest BCUT2D eigenvalue weighted by atomic mass is 19.4. The number of alkyl halides is 3. The quantitative estimate of drug-likeness (QED) is 0.936. The molecule has 7 heteroatoms. The third kappa shape index (κ3) is 3.30. The minimum atomic E-state index is -4.38. The van der Waals surface area contributed by atoms with Gasteiger partial charge in [-0.3, -0.25) is 4.98 Å². The van der Waals surface area contributed by atoms with E-state index in [0.29, 0.717) is 12.2 Å². The van der Waals surface area contributed by atoms with Gasteiger partial charge >= 0.3 is 6.18 Å². The maximum Gasteiger partial charge on any atom is 0.417 e. The van der Waals surface area contributed by atoms with Crippen LogP contribution in [0.5, 0.6) is 0 Å². The normalized spacial score (nSPS) is 13.2. The molecule has 2 heterocycles. The monoisotopic (exact) mass is 282 g/mol. The van der Waals surface area contributed by atoms with Crippen LogP contribution in [0.25, 0.3) is 0 Å². The number of pyridine rings is 1. The highest BCUT2D eigenvalue weighted by Gasteiger charge is 2.31. The number of aromatic nitrogens is 3. The highest BCUT2D eigenvalue weighted by molar-refractivity contribution is 5.26. The van der Waals surface area contributed by atoms with Crippen molar-refractivity contribution in [3.8, 4) is 0 Å². The van der Waals surface area contributed by atoms with Gasteiger partial charge in [-0.15, -0.1) is 0 Å². The first kappa shape index (κ1) is 14.4.